The molecule has 0 unspecified atom stereocenters. The monoisotopic (exact) mass is 264 g/mol. The zero-order valence-corrected chi connectivity index (χ0v) is 11.4. The van der Waals surface area contributed by atoms with Crippen LogP contribution < -0.4 is 5.32 Å². The largest absolute Gasteiger partial charge is 0.352 e. The molecular weight excluding hydrogens is 248 g/mol. The average molecular weight is 264 g/mol. The van der Waals surface area contributed by atoms with Gasteiger partial charge in [0.2, 0.25) is 0 Å². The summed E-state index contributed by atoms with van der Waals surface area (Å²) in [5.41, 5.74) is 2.43. The Bertz CT molecular complexity index is 726. The van der Waals surface area contributed by atoms with Gasteiger partial charge in [-0.1, -0.05) is 43.3 Å². The minimum Gasteiger partial charge on any atom is -0.352 e. The lowest BCUT2D eigenvalue weighted by Gasteiger charge is -2.10. The highest BCUT2D eigenvalue weighted by atomic mass is 16.1. The van der Waals surface area contributed by atoms with Crippen LogP contribution in [0.5, 0.6) is 0 Å². The number of hydrogen-bond acceptors (Lipinski definition) is 2. The number of rotatable bonds is 3. The first-order valence-corrected chi connectivity index (χ1v) is 6.87. The number of carbonyl (C=O) groups excluding carboxylic acids is 1. The van der Waals surface area contributed by atoms with Crippen LogP contribution in [-0.2, 0) is 0 Å². The van der Waals surface area contributed by atoms with E-state index in [9.17, 15) is 4.79 Å². The Balaban J connectivity index is 2.30. The maximum absolute atomic E-state index is 12.5. The summed E-state index contributed by atoms with van der Waals surface area (Å²) in [6, 6.07) is 15.6. The molecule has 2 aromatic carbocycles. The molecule has 0 radical (unpaired) electrons. The van der Waals surface area contributed by atoms with Crippen molar-refractivity contribution in [2.45, 2.75) is 13.3 Å². The van der Waals surface area contributed by atoms with E-state index >= 15 is 0 Å². The molecule has 1 aromatic heterocycles. The maximum Gasteiger partial charge on any atom is 0.252 e. The molecule has 0 aliphatic rings. The van der Waals surface area contributed by atoms with Gasteiger partial charge in [-0.05, 0) is 18.6 Å². The summed E-state index contributed by atoms with van der Waals surface area (Å²) < 4.78 is 0. The van der Waals surface area contributed by atoms with Crippen molar-refractivity contribution >= 4 is 27.7 Å². The van der Waals surface area contributed by atoms with E-state index in [1.54, 1.807) is 0 Å². The number of aromatic nitrogens is 1. The maximum atomic E-state index is 12.5. The summed E-state index contributed by atoms with van der Waals surface area (Å²) in [5.74, 6) is -0.0262. The lowest BCUT2D eigenvalue weighted by atomic mass is 10.0. The summed E-state index contributed by atoms with van der Waals surface area (Å²) >= 11 is 0. The molecule has 3 nitrogen and oxygen atoms in total. The van der Waals surface area contributed by atoms with Gasteiger partial charge in [0.05, 0.1) is 16.6 Å². The average Bonchev–Trinajstić information content (AvgIpc) is 2.50. The number of amides is 1. The topological polar surface area (TPSA) is 42.0 Å². The van der Waals surface area contributed by atoms with Crippen molar-refractivity contribution in [1.82, 2.24) is 10.3 Å². The smallest absolute Gasteiger partial charge is 0.252 e. The predicted octanol–water partition coefficient (Wildman–Crippen LogP) is 3.53. The first kappa shape index (κ1) is 12.6. The first-order valence-electron chi connectivity index (χ1n) is 6.87. The second kappa shape index (κ2) is 5.29. The van der Waals surface area contributed by atoms with Gasteiger partial charge < -0.3 is 5.32 Å². The van der Waals surface area contributed by atoms with Crippen molar-refractivity contribution in [1.29, 1.82) is 0 Å². The fourth-order valence-electron chi connectivity index (χ4n) is 2.41. The van der Waals surface area contributed by atoms with E-state index in [2.05, 4.69) is 10.3 Å². The Hall–Kier alpha value is -2.42. The lowest BCUT2D eigenvalue weighted by molar-refractivity contribution is 0.0957. The van der Waals surface area contributed by atoms with Crippen LogP contribution >= 0.6 is 0 Å². The van der Waals surface area contributed by atoms with Gasteiger partial charge in [0.15, 0.2) is 0 Å². The van der Waals surface area contributed by atoms with Crippen molar-refractivity contribution in [3.63, 3.8) is 0 Å². The Morgan fingerprint density at radius 3 is 2.10 bits per heavy atom. The summed E-state index contributed by atoms with van der Waals surface area (Å²) in [6.45, 7) is 2.73. The highest BCUT2D eigenvalue weighted by Gasteiger charge is 2.14. The Kier molecular flexibility index (Phi) is 3.33. The van der Waals surface area contributed by atoms with Crippen molar-refractivity contribution in [3.05, 3.63) is 54.1 Å². The molecule has 20 heavy (non-hydrogen) atoms. The van der Waals surface area contributed by atoms with E-state index in [4.69, 9.17) is 0 Å². The fourth-order valence-corrected chi connectivity index (χ4v) is 2.41. The van der Waals surface area contributed by atoms with Crippen LogP contribution in [0.3, 0.4) is 0 Å². The zero-order valence-electron chi connectivity index (χ0n) is 11.4. The molecule has 100 valence electrons. The van der Waals surface area contributed by atoms with Crippen LogP contribution in [0.25, 0.3) is 21.8 Å². The first-order chi connectivity index (χ1) is 9.81. The van der Waals surface area contributed by atoms with Gasteiger partial charge in [-0.2, -0.15) is 0 Å². The Labute approximate surface area is 117 Å². The summed E-state index contributed by atoms with van der Waals surface area (Å²) in [6.07, 6.45) is 0.923. The lowest BCUT2D eigenvalue weighted by Crippen LogP contribution is -2.24. The van der Waals surface area contributed by atoms with E-state index in [1.165, 1.54) is 0 Å². The number of nitrogens with zero attached hydrogens (tertiary/aromatic N) is 1. The Morgan fingerprint density at radius 1 is 1.00 bits per heavy atom. The molecule has 3 rings (SSSR count). The second-order valence-electron chi connectivity index (χ2n) is 4.78. The van der Waals surface area contributed by atoms with Crippen LogP contribution in [-0.4, -0.2) is 17.4 Å². The van der Waals surface area contributed by atoms with Crippen molar-refractivity contribution in [3.8, 4) is 0 Å². The van der Waals surface area contributed by atoms with Gasteiger partial charge >= 0.3 is 0 Å². The quantitative estimate of drug-likeness (QED) is 0.735. The molecule has 1 amide bonds. The molecule has 0 bridgehead atoms. The van der Waals surface area contributed by atoms with Gasteiger partial charge in [-0.25, -0.2) is 4.98 Å². The van der Waals surface area contributed by atoms with E-state index in [1.807, 2.05) is 55.5 Å². The molecule has 3 aromatic rings. The molecule has 0 spiro atoms. The van der Waals surface area contributed by atoms with Crippen LogP contribution in [0.1, 0.15) is 23.7 Å². The molecular formula is C17H16N2O. The van der Waals surface area contributed by atoms with Crippen LogP contribution in [0, 0.1) is 0 Å². The number of nitrogens with one attached hydrogen (secondary N) is 1. The molecule has 0 aliphatic carbocycles. The number of pyridine rings is 1. The third kappa shape index (κ3) is 2.11. The fraction of sp³-hybridized carbons (Fsp3) is 0.176. The third-order valence-corrected chi connectivity index (χ3v) is 3.35. The van der Waals surface area contributed by atoms with Gasteiger partial charge in [-0.15, -0.1) is 0 Å². The molecule has 3 heteroatoms. The molecule has 0 saturated heterocycles. The predicted molar refractivity (Wildman–Crippen MR) is 81.9 cm³/mol. The second-order valence-corrected chi connectivity index (χ2v) is 4.78. The SMILES string of the molecule is CCCNC(=O)c1c2ccccc2nc2ccccc12. The zero-order chi connectivity index (χ0) is 13.9. The number of benzene rings is 2. The van der Waals surface area contributed by atoms with Gasteiger partial charge in [-0.3, -0.25) is 4.79 Å². The number of para-hydroxylation sites is 2. The molecule has 1 N–H and O–H groups in total. The van der Waals surface area contributed by atoms with E-state index in [0.717, 1.165) is 33.8 Å². The van der Waals surface area contributed by atoms with Crippen LogP contribution in [0.15, 0.2) is 48.5 Å². The molecule has 1 heterocycles. The van der Waals surface area contributed by atoms with Gasteiger partial charge in [0, 0.05) is 17.3 Å². The summed E-state index contributed by atoms with van der Waals surface area (Å²) in [5, 5.41) is 4.77. The standard InChI is InChI=1S/C17H16N2O/c1-2-11-18-17(20)16-12-7-3-5-9-14(12)19-15-10-6-4-8-13(15)16/h3-10H,2,11H2,1H3,(H,18,20). The summed E-state index contributed by atoms with van der Waals surface area (Å²) in [4.78, 5) is 17.1. The highest BCUT2D eigenvalue weighted by molar-refractivity contribution is 6.16. The molecule has 0 saturated carbocycles. The normalized spacial score (nSPS) is 10.8. The van der Waals surface area contributed by atoms with E-state index < -0.39 is 0 Å². The van der Waals surface area contributed by atoms with E-state index in [0.29, 0.717) is 6.54 Å². The van der Waals surface area contributed by atoms with Crippen molar-refractivity contribution in [2.24, 2.45) is 0 Å². The number of fused-ring (bicyclic) bond motifs is 2. The molecule has 0 atom stereocenters. The van der Waals surface area contributed by atoms with Gasteiger partial charge in [0.1, 0.15) is 0 Å². The van der Waals surface area contributed by atoms with Crippen LogP contribution in [0.2, 0.25) is 0 Å². The third-order valence-electron chi connectivity index (χ3n) is 3.35. The number of carbonyl (C=O) groups is 1. The van der Waals surface area contributed by atoms with Crippen molar-refractivity contribution in [2.75, 3.05) is 6.54 Å². The summed E-state index contributed by atoms with van der Waals surface area (Å²) in [7, 11) is 0. The number of hydrogen-bond donors (Lipinski definition) is 1. The van der Waals surface area contributed by atoms with Crippen molar-refractivity contribution < 1.29 is 4.79 Å². The Morgan fingerprint density at radius 2 is 1.55 bits per heavy atom. The minimum absolute atomic E-state index is 0.0262. The van der Waals surface area contributed by atoms with E-state index in [-0.39, 0.29) is 5.91 Å². The highest BCUT2D eigenvalue weighted by Crippen LogP contribution is 2.25. The molecule has 0 aliphatic heterocycles. The van der Waals surface area contributed by atoms with Gasteiger partial charge in [0.25, 0.3) is 5.91 Å². The van der Waals surface area contributed by atoms with Crippen LogP contribution in [0.4, 0.5) is 0 Å². The minimum atomic E-state index is -0.0262. The molecule has 0 fully saturated rings.